The van der Waals surface area contributed by atoms with Gasteiger partial charge in [0.2, 0.25) is 0 Å². The Morgan fingerprint density at radius 3 is 2.75 bits per heavy atom. The lowest BCUT2D eigenvalue weighted by Gasteiger charge is -2.22. The second-order valence-corrected chi connectivity index (χ2v) is 4.06. The highest BCUT2D eigenvalue weighted by Crippen LogP contribution is 2.19. The molecule has 1 aliphatic rings. The molecule has 0 bridgehead atoms. The number of halogens is 1. The maximum Gasteiger partial charge on any atom is 0.0557 e. The molecule has 0 spiro atoms. The molecule has 0 amide bonds. The van der Waals surface area contributed by atoms with Gasteiger partial charge in [0, 0.05) is 10.5 Å². The van der Waals surface area contributed by atoms with Crippen molar-refractivity contribution in [1.29, 1.82) is 0 Å². The van der Waals surface area contributed by atoms with Gasteiger partial charge in [0.25, 0.3) is 0 Å². The summed E-state index contributed by atoms with van der Waals surface area (Å²) in [4.78, 5) is 0. The Morgan fingerprint density at radius 2 is 2.38 bits per heavy atom. The van der Waals surface area contributed by atoms with Crippen molar-refractivity contribution >= 4 is 22.6 Å². The molecule has 0 N–H and O–H groups in total. The van der Waals surface area contributed by atoms with Gasteiger partial charge < -0.3 is 4.74 Å². The van der Waals surface area contributed by atoms with E-state index >= 15 is 0 Å². The van der Waals surface area contributed by atoms with Crippen LogP contribution in [0.3, 0.4) is 0 Å². The first kappa shape index (κ1) is 6.81. The number of hydrogen-bond donors (Lipinski definition) is 0. The molecule has 2 atom stereocenters. The predicted molar refractivity (Wildman–Crippen MR) is 42.5 cm³/mol. The van der Waals surface area contributed by atoms with Crippen molar-refractivity contribution in [2.75, 3.05) is 6.61 Å². The van der Waals surface area contributed by atoms with Crippen LogP contribution in [0.4, 0.5) is 0 Å². The van der Waals surface area contributed by atoms with Crippen LogP contribution in [0.2, 0.25) is 0 Å². The first-order valence-electron chi connectivity index (χ1n) is 3.04. The molecule has 2 unspecified atom stereocenters. The Hall–Kier alpha value is 0.690. The van der Waals surface area contributed by atoms with Gasteiger partial charge in [-0.2, -0.15) is 0 Å². The molecule has 1 aliphatic heterocycles. The van der Waals surface area contributed by atoms with Gasteiger partial charge in [-0.25, -0.2) is 0 Å². The minimum atomic E-state index is 0.505. The van der Waals surface area contributed by atoms with Gasteiger partial charge in [-0.05, 0) is 19.8 Å². The summed E-state index contributed by atoms with van der Waals surface area (Å²) in [5.74, 6) is 0. The lowest BCUT2D eigenvalue weighted by molar-refractivity contribution is 0.0335. The van der Waals surface area contributed by atoms with Gasteiger partial charge >= 0.3 is 0 Å². The smallest absolute Gasteiger partial charge is 0.0557 e. The predicted octanol–water partition coefficient (Wildman–Crippen LogP) is 1.99. The molecule has 48 valence electrons. The molecule has 0 aromatic rings. The molecule has 0 saturated carbocycles. The standard InChI is InChI=1S/C6H11IO/c1-5-4-6(7)2-3-8-5/h5-6H,2-4H2,1H3. The third-order valence-corrected chi connectivity index (χ3v) is 2.55. The highest BCUT2D eigenvalue weighted by molar-refractivity contribution is 14.1. The van der Waals surface area contributed by atoms with Crippen molar-refractivity contribution in [2.45, 2.75) is 29.8 Å². The molecule has 1 saturated heterocycles. The Balaban J connectivity index is 2.23. The van der Waals surface area contributed by atoms with Crippen molar-refractivity contribution in [3.05, 3.63) is 0 Å². The summed E-state index contributed by atoms with van der Waals surface area (Å²) in [6.45, 7) is 3.11. The van der Waals surface area contributed by atoms with Crippen molar-refractivity contribution < 1.29 is 4.74 Å². The minimum absolute atomic E-state index is 0.505. The maximum atomic E-state index is 5.34. The average Bonchev–Trinajstić information content (AvgIpc) is 1.64. The van der Waals surface area contributed by atoms with E-state index in [4.69, 9.17) is 4.74 Å². The van der Waals surface area contributed by atoms with Crippen LogP contribution in [0, 0.1) is 0 Å². The SMILES string of the molecule is CC1CC(I)CCO1. The van der Waals surface area contributed by atoms with Crippen LogP contribution >= 0.6 is 22.6 Å². The zero-order valence-electron chi connectivity index (χ0n) is 5.06. The molecule has 0 aromatic heterocycles. The molecule has 0 radical (unpaired) electrons. The van der Waals surface area contributed by atoms with Gasteiger partial charge in [0.1, 0.15) is 0 Å². The van der Waals surface area contributed by atoms with Crippen LogP contribution < -0.4 is 0 Å². The van der Waals surface area contributed by atoms with Gasteiger partial charge in [-0.3, -0.25) is 0 Å². The first-order valence-corrected chi connectivity index (χ1v) is 4.29. The zero-order valence-corrected chi connectivity index (χ0v) is 7.22. The van der Waals surface area contributed by atoms with E-state index in [-0.39, 0.29) is 0 Å². The molecule has 1 rings (SSSR count). The second kappa shape index (κ2) is 3.01. The number of rotatable bonds is 0. The Bertz CT molecular complexity index is 66.9. The quantitative estimate of drug-likeness (QED) is 0.453. The minimum Gasteiger partial charge on any atom is -0.378 e. The summed E-state index contributed by atoms with van der Waals surface area (Å²) in [6.07, 6.45) is 2.98. The molecule has 2 heteroatoms. The van der Waals surface area contributed by atoms with E-state index in [2.05, 4.69) is 29.5 Å². The molecule has 0 aliphatic carbocycles. The summed E-state index contributed by atoms with van der Waals surface area (Å²) in [6, 6.07) is 0. The first-order chi connectivity index (χ1) is 3.79. The van der Waals surface area contributed by atoms with Crippen LogP contribution in [0.5, 0.6) is 0 Å². The number of alkyl halides is 1. The Morgan fingerprint density at radius 1 is 1.62 bits per heavy atom. The third kappa shape index (κ3) is 1.90. The fourth-order valence-electron chi connectivity index (χ4n) is 0.943. The van der Waals surface area contributed by atoms with Gasteiger partial charge in [-0.15, -0.1) is 0 Å². The molecule has 0 aromatic carbocycles. The Kier molecular flexibility index (Phi) is 2.56. The van der Waals surface area contributed by atoms with E-state index in [9.17, 15) is 0 Å². The van der Waals surface area contributed by atoms with Gasteiger partial charge in [-0.1, -0.05) is 22.6 Å². The highest BCUT2D eigenvalue weighted by Gasteiger charge is 2.15. The van der Waals surface area contributed by atoms with Crippen LogP contribution in [0.1, 0.15) is 19.8 Å². The van der Waals surface area contributed by atoms with E-state index in [1.165, 1.54) is 12.8 Å². The van der Waals surface area contributed by atoms with Crippen molar-refractivity contribution in [1.82, 2.24) is 0 Å². The van der Waals surface area contributed by atoms with Gasteiger partial charge in [0.15, 0.2) is 0 Å². The monoisotopic (exact) mass is 226 g/mol. The van der Waals surface area contributed by atoms with E-state index in [1.807, 2.05) is 0 Å². The largest absolute Gasteiger partial charge is 0.378 e. The second-order valence-electron chi connectivity index (χ2n) is 2.30. The van der Waals surface area contributed by atoms with Crippen molar-refractivity contribution in [3.63, 3.8) is 0 Å². The molecule has 1 fully saturated rings. The summed E-state index contributed by atoms with van der Waals surface area (Å²) in [5.41, 5.74) is 0. The zero-order chi connectivity index (χ0) is 5.98. The van der Waals surface area contributed by atoms with Crippen LogP contribution in [-0.4, -0.2) is 16.6 Å². The molecule has 1 heterocycles. The van der Waals surface area contributed by atoms with Crippen molar-refractivity contribution in [3.8, 4) is 0 Å². The number of ether oxygens (including phenoxy) is 1. The fraction of sp³-hybridized carbons (Fsp3) is 1.00. The van der Waals surface area contributed by atoms with Crippen LogP contribution in [-0.2, 0) is 4.74 Å². The average molecular weight is 226 g/mol. The maximum absolute atomic E-state index is 5.34. The summed E-state index contributed by atoms with van der Waals surface area (Å²) in [5, 5.41) is 0. The van der Waals surface area contributed by atoms with E-state index in [0.29, 0.717) is 6.10 Å². The van der Waals surface area contributed by atoms with Crippen LogP contribution in [0.15, 0.2) is 0 Å². The lowest BCUT2D eigenvalue weighted by Crippen LogP contribution is -2.22. The van der Waals surface area contributed by atoms with E-state index < -0.39 is 0 Å². The van der Waals surface area contributed by atoms with Crippen molar-refractivity contribution in [2.24, 2.45) is 0 Å². The summed E-state index contributed by atoms with van der Waals surface area (Å²) >= 11 is 2.49. The molecular weight excluding hydrogens is 215 g/mol. The fourth-order valence-corrected chi connectivity index (χ4v) is 1.91. The highest BCUT2D eigenvalue weighted by atomic mass is 127. The summed E-state index contributed by atoms with van der Waals surface area (Å²) < 4.78 is 6.20. The Labute approximate surface area is 63.9 Å². The molecule has 1 nitrogen and oxygen atoms in total. The van der Waals surface area contributed by atoms with E-state index in [1.54, 1.807) is 0 Å². The normalized spacial score (nSPS) is 39.8. The molecular formula is C6H11IO. The summed E-state index contributed by atoms with van der Waals surface area (Å²) in [7, 11) is 0. The van der Waals surface area contributed by atoms with Gasteiger partial charge in [0.05, 0.1) is 6.10 Å². The van der Waals surface area contributed by atoms with E-state index in [0.717, 1.165) is 10.5 Å². The molecule has 8 heavy (non-hydrogen) atoms. The lowest BCUT2D eigenvalue weighted by atomic mass is 10.1. The van der Waals surface area contributed by atoms with Crippen LogP contribution in [0.25, 0.3) is 0 Å². The third-order valence-electron chi connectivity index (χ3n) is 1.42. The number of hydrogen-bond acceptors (Lipinski definition) is 1. The topological polar surface area (TPSA) is 9.23 Å².